The van der Waals surface area contributed by atoms with Gasteiger partial charge in [0.2, 0.25) is 11.8 Å². The molecule has 0 aliphatic carbocycles. The lowest BCUT2D eigenvalue weighted by Crippen LogP contribution is -2.33. The van der Waals surface area contributed by atoms with Gasteiger partial charge in [-0.05, 0) is 48.5 Å². The molecule has 0 bridgehead atoms. The van der Waals surface area contributed by atoms with Gasteiger partial charge in [0.25, 0.3) is 10.0 Å². The number of amidine groups is 1. The van der Waals surface area contributed by atoms with Crippen LogP contribution in [0.25, 0.3) is 0 Å². The fraction of sp³-hybridized carbons (Fsp3) is 0.0870. The zero-order valence-corrected chi connectivity index (χ0v) is 19.5. The molecule has 1 atom stereocenters. The van der Waals surface area contributed by atoms with E-state index in [4.69, 9.17) is 11.6 Å². The van der Waals surface area contributed by atoms with Crippen LogP contribution in [0.1, 0.15) is 6.42 Å². The van der Waals surface area contributed by atoms with Crippen LogP contribution in [-0.4, -0.2) is 30.6 Å². The fourth-order valence-electron chi connectivity index (χ4n) is 3.14. The number of nitrogens with zero attached hydrogens (tertiary/aromatic N) is 2. The summed E-state index contributed by atoms with van der Waals surface area (Å²) in [4.78, 5) is 27.0. The zero-order valence-electron chi connectivity index (χ0n) is 17.1. The number of amides is 2. The average molecular weight is 500 g/mol. The maximum atomic E-state index is 13.2. The standard InChI is InChI=1S/C23H18ClN3O4S2/c24-16-11-13-17(14-12-16)25-21(28)15-20-22(29)27(18-7-3-1-4-8-18)23(32-20)26-33(30,31)19-9-5-2-6-10-19/h1-14,20H,15H2,(H,25,28)/b26-23-. The number of nitrogens with one attached hydrogen (secondary N) is 1. The normalized spacial score (nSPS) is 17.4. The minimum Gasteiger partial charge on any atom is -0.326 e. The maximum absolute atomic E-state index is 13.2. The van der Waals surface area contributed by atoms with Gasteiger partial charge in [0.15, 0.2) is 5.17 Å². The van der Waals surface area contributed by atoms with Crippen molar-refractivity contribution in [1.29, 1.82) is 0 Å². The quantitative estimate of drug-likeness (QED) is 0.536. The number of benzene rings is 3. The maximum Gasteiger partial charge on any atom is 0.284 e. The van der Waals surface area contributed by atoms with Gasteiger partial charge in [0.1, 0.15) is 5.25 Å². The molecule has 1 unspecified atom stereocenters. The van der Waals surface area contributed by atoms with Crippen molar-refractivity contribution in [2.45, 2.75) is 16.6 Å². The highest BCUT2D eigenvalue weighted by Crippen LogP contribution is 2.35. The highest BCUT2D eigenvalue weighted by molar-refractivity contribution is 8.16. The Balaban J connectivity index is 1.61. The van der Waals surface area contributed by atoms with Crippen molar-refractivity contribution >= 4 is 61.7 Å². The van der Waals surface area contributed by atoms with E-state index in [2.05, 4.69) is 9.71 Å². The van der Waals surface area contributed by atoms with Crippen LogP contribution in [0, 0.1) is 0 Å². The van der Waals surface area contributed by atoms with Crippen LogP contribution >= 0.6 is 23.4 Å². The van der Waals surface area contributed by atoms with E-state index in [1.807, 2.05) is 0 Å². The van der Waals surface area contributed by atoms with Crippen molar-refractivity contribution in [3.8, 4) is 0 Å². The second kappa shape index (κ2) is 9.78. The Morgan fingerprint density at radius 1 is 0.970 bits per heavy atom. The van der Waals surface area contributed by atoms with Crippen molar-refractivity contribution in [3.63, 3.8) is 0 Å². The molecule has 0 aromatic heterocycles. The largest absolute Gasteiger partial charge is 0.326 e. The van der Waals surface area contributed by atoms with E-state index in [-0.39, 0.29) is 22.4 Å². The highest BCUT2D eigenvalue weighted by atomic mass is 35.5. The predicted molar refractivity (Wildman–Crippen MR) is 131 cm³/mol. The molecule has 3 aromatic carbocycles. The van der Waals surface area contributed by atoms with Gasteiger partial charge in [0, 0.05) is 17.1 Å². The molecule has 1 N–H and O–H groups in total. The van der Waals surface area contributed by atoms with Gasteiger partial charge in [-0.2, -0.15) is 8.42 Å². The van der Waals surface area contributed by atoms with Crippen LogP contribution in [0.4, 0.5) is 11.4 Å². The van der Waals surface area contributed by atoms with Crippen LogP contribution in [0.2, 0.25) is 5.02 Å². The van der Waals surface area contributed by atoms with Gasteiger partial charge in [0.05, 0.1) is 10.6 Å². The van der Waals surface area contributed by atoms with Gasteiger partial charge in [-0.1, -0.05) is 59.8 Å². The first-order valence-electron chi connectivity index (χ1n) is 9.84. The minimum absolute atomic E-state index is 0.000606. The summed E-state index contributed by atoms with van der Waals surface area (Å²) in [5.74, 6) is -0.803. The van der Waals surface area contributed by atoms with Crippen LogP contribution < -0.4 is 10.2 Å². The van der Waals surface area contributed by atoms with Gasteiger partial charge in [-0.3, -0.25) is 14.5 Å². The van der Waals surface area contributed by atoms with Crippen LogP contribution in [0.5, 0.6) is 0 Å². The average Bonchev–Trinajstić information content (AvgIpc) is 3.10. The lowest BCUT2D eigenvalue weighted by atomic mass is 10.2. The molecular weight excluding hydrogens is 482 g/mol. The second-order valence-electron chi connectivity index (χ2n) is 7.04. The molecule has 3 aromatic rings. The van der Waals surface area contributed by atoms with Gasteiger partial charge >= 0.3 is 0 Å². The summed E-state index contributed by atoms with van der Waals surface area (Å²) in [5, 5.41) is 2.42. The Morgan fingerprint density at radius 3 is 2.21 bits per heavy atom. The van der Waals surface area contributed by atoms with Crippen molar-refractivity contribution in [3.05, 3.63) is 90.0 Å². The van der Waals surface area contributed by atoms with E-state index in [9.17, 15) is 18.0 Å². The van der Waals surface area contributed by atoms with E-state index in [0.29, 0.717) is 16.4 Å². The number of thioether (sulfide) groups is 1. The SMILES string of the molecule is O=C(CC1S/C(=N\S(=O)(=O)c2ccccc2)N(c2ccccc2)C1=O)Nc1ccc(Cl)cc1. The smallest absolute Gasteiger partial charge is 0.284 e. The number of hydrogen-bond acceptors (Lipinski definition) is 5. The second-order valence-corrected chi connectivity index (χ2v) is 10.2. The number of halogens is 1. The summed E-state index contributed by atoms with van der Waals surface area (Å²) in [6.45, 7) is 0. The van der Waals surface area contributed by atoms with E-state index in [1.165, 1.54) is 17.0 Å². The topological polar surface area (TPSA) is 95.9 Å². The lowest BCUT2D eigenvalue weighted by molar-refractivity contribution is -0.121. The molecule has 1 saturated heterocycles. The summed E-state index contributed by atoms with van der Waals surface area (Å²) in [5.41, 5.74) is 1.01. The molecule has 1 aliphatic heterocycles. The summed E-state index contributed by atoms with van der Waals surface area (Å²) >= 11 is 6.81. The van der Waals surface area contributed by atoms with Gasteiger partial charge in [-0.15, -0.1) is 4.40 Å². The lowest BCUT2D eigenvalue weighted by Gasteiger charge is -2.16. The van der Waals surface area contributed by atoms with Crippen molar-refractivity contribution < 1.29 is 18.0 Å². The van der Waals surface area contributed by atoms with Crippen molar-refractivity contribution in [2.75, 3.05) is 10.2 Å². The molecule has 1 fully saturated rings. The van der Waals surface area contributed by atoms with E-state index in [0.717, 1.165) is 11.8 Å². The first-order chi connectivity index (χ1) is 15.8. The van der Waals surface area contributed by atoms with Crippen LogP contribution in [0.3, 0.4) is 0 Å². The molecule has 0 radical (unpaired) electrons. The summed E-state index contributed by atoms with van der Waals surface area (Å²) < 4.78 is 29.6. The van der Waals surface area contributed by atoms with E-state index in [1.54, 1.807) is 72.8 Å². The molecule has 0 spiro atoms. The number of sulfonamides is 1. The van der Waals surface area contributed by atoms with Crippen molar-refractivity contribution in [2.24, 2.45) is 4.40 Å². The summed E-state index contributed by atoms with van der Waals surface area (Å²) in [7, 11) is -4.05. The van der Waals surface area contributed by atoms with Crippen molar-refractivity contribution in [1.82, 2.24) is 0 Å². The third-order valence-electron chi connectivity index (χ3n) is 4.69. The summed E-state index contributed by atoms with van der Waals surface area (Å²) in [6, 6.07) is 23.0. The summed E-state index contributed by atoms with van der Waals surface area (Å²) in [6.07, 6.45) is -0.153. The number of para-hydroxylation sites is 1. The van der Waals surface area contributed by atoms with Crippen LogP contribution in [0.15, 0.2) is 94.2 Å². The predicted octanol–water partition coefficient (Wildman–Crippen LogP) is 4.56. The Bertz CT molecular complexity index is 1300. The number of carbonyl (C=O) groups excluding carboxylic acids is 2. The molecular formula is C23H18ClN3O4S2. The van der Waals surface area contributed by atoms with E-state index >= 15 is 0 Å². The van der Waals surface area contributed by atoms with Gasteiger partial charge in [-0.25, -0.2) is 0 Å². The highest BCUT2D eigenvalue weighted by Gasteiger charge is 2.41. The first-order valence-corrected chi connectivity index (χ1v) is 12.5. The van der Waals surface area contributed by atoms with Crippen LogP contribution in [-0.2, 0) is 19.6 Å². The molecule has 10 heteroatoms. The Hall–Kier alpha value is -3.14. The molecule has 4 rings (SSSR count). The molecule has 33 heavy (non-hydrogen) atoms. The first kappa shape index (κ1) is 23.0. The van der Waals surface area contributed by atoms with E-state index < -0.39 is 21.2 Å². The molecule has 7 nitrogen and oxygen atoms in total. The van der Waals surface area contributed by atoms with Gasteiger partial charge < -0.3 is 5.32 Å². The Labute approximate surface area is 200 Å². The Kier molecular flexibility index (Phi) is 6.83. The molecule has 2 amide bonds. The third kappa shape index (κ3) is 5.44. The molecule has 0 saturated carbocycles. The Morgan fingerprint density at radius 2 is 1.58 bits per heavy atom. The minimum atomic E-state index is -4.05. The fourth-order valence-corrected chi connectivity index (χ4v) is 5.62. The third-order valence-corrected chi connectivity index (χ3v) is 7.47. The number of carbonyl (C=O) groups is 2. The molecule has 1 heterocycles. The number of rotatable bonds is 6. The zero-order chi connectivity index (χ0) is 23.4. The number of hydrogen-bond donors (Lipinski definition) is 1. The number of anilines is 2. The molecule has 1 aliphatic rings. The monoisotopic (exact) mass is 499 g/mol. The molecule has 168 valence electrons.